The number of anilines is 1. The summed E-state index contributed by atoms with van der Waals surface area (Å²) >= 11 is 0. The van der Waals surface area contributed by atoms with Gasteiger partial charge in [0, 0.05) is 6.07 Å². The number of benzene rings is 2. The average molecular weight is 341 g/mol. The van der Waals surface area contributed by atoms with Gasteiger partial charge in [0.05, 0.1) is 24.4 Å². The number of carbonyl (C=O) groups excluding carboxylic acids is 1. The van der Waals surface area contributed by atoms with Gasteiger partial charge in [0.25, 0.3) is 0 Å². The lowest BCUT2D eigenvalue weighted by molar-refractivity contribution is -0.115. The Kier molecular flexibility index (Phi) is 4.98. The third-order valence-corrected chi connectivity index (χ3v) is 3.43. The molecule has 0 saturated carbocycles. The van der Waals surface area contributed by atoms with Crippen LogP contribution in [0.5, 0.6) is 5.75 Å². The van der Waals surface area contributed by atoms with Gasteiger partial charge in [-0.3, -0.25) is 4.79 Å². The van der Waals surface area contributed by atoms with E-state index in [-0.39, 0.29) is 12.3 Å². The summed E-state index contributed by atoms with van der Waals surface area (Å²) in [7, 11) is 0. The van der Waals surface area contributed by atoms with Gasteiger partial charge in [-0.15, -0.1) is 5.10 Å². The molecule has 1 amide bonds. The van der Waals surface area contributed by atoms with Gasteiger partial charge >= 0.3 is 0 Å². The molecule has 2 aromatic carbocycles. The molecule has 25 heavy (non-hydrogen) atoms. The Morgan fingerprint density at radius 3 is 2.72 bits per heavy atom. The fourth-order valence-electron chi connectivity index (χ4n) is 2.30. The lowest BCUT2D eigenvalue weighted by Crippen LogP contribution is -2.15. The maximum Gasteiger partial charge on any atom is 0.228 e. The number of tetrazole rings is 1. The van der Waals surface area contributed by atoms with Crippen molar-refractivity contribution in [3.05, 3.63) is 60.2 Å². The van der Waals surface area contributed by atoms with Crippen LogP contribution in [0.15, 0.2) is 48.8 Å². The van der Waals surface area contributed by atoms with E-state index in [0.29, 0.717) is 18.0 Å². The van der Waals surface area contributed by atoms with Crippen molar-refractivity contribution < 1.29 is 13.9 Å². The Balaban J connectivity index is 1.67. The molecule has 3 rings (SSSR count). The van der Waals surface area contributed by atoms with Crippen molar-refractivity contribution in [2.75, 3.05) is 11.9 Å². The number of halogens is 1. The zero-order valence-electron chi connectivity index (χ0n) is 13.5. The van der Waals surface area contributed by atoms with E-state index in [1.54, 1.807) is 6.92 Å². The van der Waals surface area contributed by atoms with Crippen molar-refractivity contribution in [2.45, 2.75) is 13.3 Å². The Morgan fingerprint density at radius 1 is 1.24 bits per heavy atom. The van der Waals surface area contributed by atoms with Crippen LogP contribution in [0, 0.1) is 5.82 Å². The summed E-state index contributed by atoms with van der Waals surface area (Å²) in [4.78, 5) is 12.2. The molecule has 0 aliphatic rings. The quantitative estimate of drug-likeness (QED) is 0.744. The summed E-state index contributed by atoms with van der Waals surface area (Å²) in [5.74, 6) is -0.327. The van der Waals surface area contributed by atoms with Crippen LogP contribution in [0.1, 0.15) is 12.5 Å². The van der Waals surface area contributed by atoms with E-state index in [1.807, 2.05) is 24.3 Å². The highest BCUT2D eigenvalue weighted by Gasteiger charge is 2.10. The van der Waals surface area contributed by atoms with Crippen LogP contribution in [-0.4, -0.2) is 32.7 Å². The smallest absolute Gasteiger partial charge is 0.228 e. The van der Waals surface area contributed by atoms with E-state index >= 15 is 0 Å². The predicted octanol–water partition coefficient (Wildman–Crippen LogP) is 2.38. The molecule has 0 atom stereocenters. The molecule has 3 aromatic rings. The molecule has 0 spiro atoms. The Hall–Kier alpha value is -3.29. The molecule has 1 aromatic heterocycles. The molecule has 0 radical (unpaired) electrons. The minimum Gasteiger partial charge on any atom is -0.492 e. The number of nitrogens with zero attached hydrogens (tertiary/aromatic N) is 4. The Bertz CT molecular complexity index is 850. The normalized spacial score (nSPS) is 10.5. The second kappa shape index (κ2) is 7.52. The van der Waals surface area contributed by atoms with Crippen LogP contribution in [-0.2, 0) is 11.2 Å². The Labute approximate surface area is 143 Å². The first-order chi connectivity index (χ1) is 12.2. The highest BCUT2D eigenvalue weighted by Crippen LogP contribution is 2.25. The second-order valence-corrected chi connectivity index (χ2v) is 5.22. The third-order valence-electron chi connectivity index (χ3n) is 3.43. The molecule has 7 nitrogen and oxygen atoms in total. The monoisotopic (exact) mass is 341 g/mol. The first-order valence-corrected chi connectivity index (χ1v) is 7.70. The van der Waals surface area contributed by atoms with Gasteiger partial charge in [0.15, 0.2) is 0 Å². The van der Waals surface area contributed by atoms with E-state index in [2.05, 4.69) is 20.8 Å². The molecule has 1 heterocycles. The van der Waals surface area contributed by atoms with Gasteiger partial charge in [0.1, 0.15) is 17.9 Å². The van der Waals surface area contributed by atoms with Gasteiger partial charge in [-0.05, 0) is 47.2 Å². The molecule has 0 bridgehead atoms. The number of carbonyl (C=O) groups is 1. The van der Waals surface area contributed by atoms with E-state index < -0.39 is 5.82 Å². The number of hydrogen-bond acceptors (Lipinski definition) is 5. The summed E-state index contributed by atoms with van der Waals surface area (Å²) in [6.45, 7) is 2.17. The summed E-state index contributed by atoms with van der Waals surface area (Å²) in [6, 6.07) is 11.3. The van der Waals surface area contributed by atoms with Gasteiger partial charge < -0.3 is 10.1 Å². The number of ether oxygens (including phenoxy) is 1. The molecule has 0 aliphatic heterocycles. The molecular formula is C17H16FN5O2. The predicted molar refractivity (Wildman–Crippen MR) is 89.1 cm³/mol. The molecule has 0 unspecified atom stereocenters. The summed E-state index contributed by atoms with van der Waals surface area (Å²) < 4.78 is 20.2. The van der Waals surface area contributed by atoms with Crippen molar-refractivity contribution in [3.8, 4) is 11.4 Å². The van der Waals surface area contributed by atoms with Gasteiger partial charge in [-0.25, -0.2) is 9.07 Å². The number of amides is 1. The van der Waals surface area contributed by atoms with Crippen molar-refractivity contribution in [1.29, 1.82) is 0 Å². The number of nitrogens with one attached hydrogen (secondary N) is 1. The van der Waals surface area contributed by atoms with Gasteiger partial charge in [-0.2, -0.15) is 0 Å². The highest BCUT2D eigenvalue weighted by molar-refractivity contribution is 5.93. The first kappa shape index (κ1) is 16.6. The van der Waals surface area contributed by atoms with Crippen molar-refractivity contribution >= 4 is 11.6 Å². The minimum atomic E-state index is -0.417. The Morgan fingerprint density at radius 2 is 2.04 bits per heavy atom. The molecule has 0 saturated heterocycles. The minimum absolute atomic E-state index is 0.179. The second-order valence-electron chi connectivity index (χ2n) is 5.22. The van der Waals surface area contributed by atoms with E-state index in [4.69, 9.17) is 4.74 Å². The zero-order valence-corrected chi connectivity index (χ0v) is 13.5. The van der Waals surface area contributed by atoms with Gasteiger partial charge in [0.2, 0.25) is 5.91 Å². The standard InChI is InChI=1S/C17H16FN5O2/c1-2-25-16-10-13(18)5-8-15(16)20-17(24)9-12-3-6-14(7-4-12)23-11-19-21-22-23/h3-8,10-11H,2,9H2,1H3,(H,20,24). The average Bonchev–Trinajstić information content (AvgIpc) is 3.13. The number of hydrogen-bond donors (Lipinski definition) is 1. The van der Waals surface area contributed by atoms with E-state index in [0.717, 1.165) is 11.3 Å². The lowest BCUT2D eigenvalue weighted by atomic mass is 10.1. The maximum absolute atomic E-state index is 13.3. The fraction of sp³-hybridized carbons (Fsp3) is 0.176. The van der Waals surface area contributed by atoms with Crippen molar-refractivity contribution in [2.24, 2.45) is 0 Å². The molecule has 8 heteroatoms. The van der Waals surface area contributed by atoms with Crippen LogP contribution in [0.2, 0.25) is 0 Å². The maximum atomic E-state index is 13.3. The summed E-state index contributed by atoms with van der Waals surface area (Å²) in [5, 5.41) is 13.7. The summed E-state index contributed by atoms with van der Waals surface area (Å²) in [5.41, 5.74) is 2.07. The van der Waals surface area contributed by atoms with Crippen molar-refractivity contribution in [1.82, 2.24) is 20.2 Å². The van der Waals surface area contributed by atoms with Gasteiger partial charge in [-0.1, -0.05) is 12.1 Å². The molecular weight excluding hydrogens is 325 g/mol. The fourth-order valence-corrected chi connectivity index (χ4v) is 2.30. The molecule has 1 N–H and O–H groups in total. The van der Waals surface area contributed by atoms with Crippen LogP contribution in [0.25, 0.3) is 5.69 Å². The van der Waals surface area contributed by atoms with E-state index in [1.165, 1.54) is 29.2 Å². The third kappa shape index (κ3) is 4.17. The highest BCUT2D eigenvalue weighted by atomic mass is 19.1. The molecule has 0 aliphatic carbocycles. The molecule has 128 valence electrons. The first-order valence-electron chi connectivity index (χ1n) is 7.70. The van der Waals surface area contributed by atoms with Crippen LogP contribution in [0.3, 0.4) is 0 Å². The van der Waals surface area contributed by atoms with Crippen LogP contribution < -0.4 is 10.1 Å². The van der Waals surface area contributed by atoms with Crippen LogP contribution in [0.4, 0.5) is 10.1 Å². The number of aromatic nitrogens is 4. The van der Waals surface area contributed by atoms with Crippen molar-refractivity contribution in [3.63, 3.8) is 0 Å². The summed E-state index contributed by atoms with van der Waals surface area (Å²) in [6.07, 6.45) is 1.67. The SMILES string of the molecule is CCOc1cc(F)ccc1NC(=O)Cc1ccc(-n2cnnn2)cc1. The lowest BCUT2D eigenvalue weighted by Gasteiger charge is -2.11. The van der Waals surface area contributed by atoms with Crippen LogP contribution >= 0.6 is 0 Å². The molecule has 0 fully saturated rings. The zero-order chi connectivity index (χ0) is 17.6. The largest absolute Gasteiger partial charge is 0.492 e. The van der Waals surface area contributed by atoms with E-state index in [9.17, 15) is 9.18 Å². The number of rotatable bonds is 6. The topological polar surface area (TPSA) is 81.9 Å².